The molecule has 0 fully saturated rings. The number of aliphatic hydroxyl groups is 1. The summed E-state index contributed by atoms with van der Waals surface area (Å²) in [7, 11) is 0. The van der Waals surface area contributed by atoms with E-state index >= 15 is 0 Å². The van der Waals surface area contributed by atoms with Crippen LogP contribution in [0.2, 0.25) is 0 Å². The van der Waals surface area contributed by atoms with Crippen LogP contribution in [0, 0.1) is 0 Å². The third-order valence-corrected chi connectivity index (χ3v) is 4.93. The number of hydrogen-bond donors (Lipinski definition) is 1. The molecule has 0 bridgehead atoms. The number of benzene rings is 1. The van der Waals surface area contributed by atoms with Gasteiger partial charge in [-0.15, -0.1) is 11.3 Å². The monoisotopic (exact) mass is 388 g/mol. The van der Waals surface area contributed by atoms with Crippen LogP contribution < -0.4 is 9.47 Å². The van der Waals surface area contributed by atoms with Gasteiger partial charge in [0, 0.05) is 16.5 Å². The Morgan fingerprint density at radius 1 is 1.07 bits per heavy atom. The normalized spacial score (nSPS) is 10.6. The summed E-state index contributed by atoms with van der Waals surface area (Å²) in [6, 6.07) is 6.11. The predicted octanol–water partition coefficient (Wildman–Crippen LogP) is 4.66. The molecule has 1 heterocycles. The number of hydrogen-bond acceptors (Lipinski definition) is 5. The molecule has 0 saturated carbocycles. The van der Waals surface area contributed by atoms with Crippen molar-refractivity contribution in [2.75, 3.05) is 33.0 Å². The molecule has 0 atom stereocenters. The Labute approximate surface area is 165 Å². The van der Waals surface area contributed by atoms with Gasteiger partial charge >= 0.3 is 0 Å². The van der Waals surface area contributed by atoms with Crippen LogP contribution in [0.5, 0.6) is 11.5 Å². The maximum atomic E-state index is 8.97. The predicted molar refractivity (Wildman–Crippen MR) is 112 cm³/mol. The molecule has 4 nitrogen and oxygen atoms in total. The van der Waals surface area contributed by atoms with E-state index in [1.54, 1.807) is 23.5 Å². The summed E-state index contributed by atoms with van der Waals surface area (Å²) in [6.45, 7) is 11.4. The van der Waals surface area contributed by atoms with Gasteiger partial charge in [0.2, 0.25) is 0 Å². The molecule has 0 radical (unpaired) electrons. The molecule has 0 spiro atoms. The summed E-state index contributed by atoms with van der Waals surface area (Å²) in [5.74, 6) is 1.60. The molecule has 1 aromatic carbocycles. The molecule has 0 unspecified atom stereocenters. The van der Waals surface area contributed by atoms with Crippen molar-refractivity contribution in [2.45, 2.75) is 19.8 Å². The minimum absolute atomic E-state index is 0.0224. The van der Waals surface area contributed by atoms with E-state index in [9.17, 15) is 0 Å². The van der Waals surface area contributed by atoms with Gasteiger partial charge in [-0.3, -0.25) is 0 Å². The van der Waals surface area contributed by atoms with Crippen molar-refractivity contribution in [1.29, 1.82) is 0 Å². The highest BCUT2D eigenvalue weighted by Gasteiger charge is 2.21. The van der Waals surface area contributed by atoms with E-state index < -0.39 is 0 Å². The Bertz CT molecular complexity index is 722. The SMILES string of the molecule is C=CCOc1cc(OCC=C)c(-c2cccs2)c(CCOCCO)c1CC. The summed E-state index contributed by atoms with van der Waals surface area (Å²) < 4.78 is 17.5. The van der Waals surface area contributed by atoms with Crippen LogP contribution in [0.15, 0.2) is 48.9 Å². The third-order valence-electron chi connectivity index (χ3n) is 4.04. The Balaban J connectivity index is 2.56. The molecule has 146 valence electrons. The van der Waals surface area contributed by atoms with E-state index in [1.165, 1.54) is 5.56 Å². The van der Waals surface area contributed by atoms with E-state index in [4.69, 9.17) is 19.3 Å². The Morgan fingerprint density at radius 3 is 2.41 bits per heavy atom. The molecule has 1 aromatic heterocycles. The van der Waals surface area contributed by atoms with Crippen LogP contribution in [-0.2, 0) is 17.6 Å². The smallest absolute Gasteiger partial charge is 0.132 e. The molecule has 0 saturated heterocycles. The van der Waals surface area contributed by atoms with Crippen molar-refractivity contribution in [2.24, 2.45) is 0 Å². The van der Waals surface area contributed by atoms with Crippen molar-refractivity contribution in [3.05, 3.63) is 60.0 Å². The van der Waals surface area contributed by atoms with Crippen molar-refractivity contribution in [3.8, 4) is 21.9 Å². The fourth-order valence-electron chi connectivity index (χ4n) is 2.96. The maximum absolute atomic E-state index is 8.97. The Kier molecular flexibility index (Phi) is 9.11. The van der Waals surface area contributed by atoms with Gasteiger partial charge in [-0.1, -0.05) is 38.3 Å². The van der Waals surface area contributed by atoms with Gasteiger partial charge in [0.25, 0.3) is 0 Å². The summed E-state index contributed by atoms with van der Waals surface area (Å²) >= 11 is 1.68. The molecular weight excluding hydrogens is 360 g/mol. The van der Waals surface area contributed by atoms with Gasteiger partial charge in [-0.2, -0.15) is 0 Å². The lowest BCUT2D eigenvalue weighted by molar-refractivity contribution is 0.0943. The average molecular weight is 389 g/mol. The molecule has 2 rings (SSSR count). The molecule has 5 heteroatoms. The van der Waals surface area contributed by atoms with Gasteiger partial charge in [0.05, 0.1) is 19.8 Å². The number of rotatable bonds is 13. The van der Waals surface area contributed by atoms with Gasteiger partial charge in [-0.05, 0) is 35.4 Å². The quantitative estimate of drug-likeness (QED) is 0.400. The summed E-state index contributed by atoms with van der Waals surface area (Å²) in [4.78, 5) is 1.15. The number of ether oxygens (including phenoxy) is 3. The first-order chi connectivity index (χ1) is 13.3. The largest absolute Gasteiger partial charge is 0.489 e. The first-order valence-electron chi connectivity index (χ1n) is 9.15. The first kappa shape index (κ1) is 21.2. The molecular formula is C22H28O4S. The highest BCUT2D eigenvalue weighted by atomic mass is 32.1. The first-order valence-corrected chi connectivity index (χ1v) is 10.0. The standard InChI is InChI=1S/C22H28O4S/c1-4-11-25-19-16-20(26-12-5-2)22(21-8-7-15-27-21)18(17(19)6-3)9-13-24-14-10-23/h4-5,7-8,15-16,23H,1-2,6,9-14H2,3H3. The lowest BCUT2D eigenvalue weighted by Gasteiger charge is -2.21. The zero-order chi connectivity index (χ0) is 19.5. The lowest BCUT2D eigenvalue weighted by atomic mass is 9.93. The van der Waals surface area contributed by atoms with Gasteiger partial charge in [0.15, 0.2) is 0 Å². The van der Waals surface area contributed by atoms with E-state index in [2.05, 4.69) is 31.5 Å². The molecule has 1 N–H and O–H groups in total. The number of aliphatic hydroxyl groups excluding tert-OH is 1. The minimum Gasteiger partial charge on any atom is -0.489 e. The fraction of sp³-hybridized carbons (Fsp3) is 0.364. The van der Waals surface area contributed by atoms with Crippen LogP contribution in [0.1, 0.15) is 18.1 Å². The zero-order valence-electron chi connectivity index (χ0n) is 15.9. The van der Waals surface area contributed by atoms with E-state index in [0.29, 0.717) is 32.8 Å². The second kappa shape index (κ2) is 11.6. The fourth-order valence-corrected chi connectivity index (χ4v) is 3.76. The molecule has 0 aliphatic heterocycles. The van der Waals surface area contributed by atoms with E-state index in [1.807, 2.05) is 12.1 Å². The average Bonchev–Trinajstić information content (AvgIpc) is 3.21. The Morgan fingerprint density at radius 2 is 1.81 bits per heavy atom. The third kappa shape index (κ3) is 5.70. The Hall–Kier alpha value is -2.08. The second-order valence-corrected chi connectivity index (χ2v) is 6.77. The van der Waals surface area contributed by atoms with Crippen molar-refractivity contribution >= 4 is 11.3 Å². The van der Waals surface area contributed by atoms with Crippen molar-refractivity contribution < 1.29 is 19.3 Å². The van der Waals surface area contributed by atoms with Crippen LogP contribution in [0.4, 0.5) is 0 Å². The number of thiophene rings is 1. The van der Waals surface area contributed by atoms with Crippen LogP contribution >= 0.6 is 11.3 Å². The van der Waals surface area contributed by atoms with Gasteiger partial charge in [-0.25, -0.2) is 0 Å². The van der Waals surface area contributed by atoms with Crippen LogP contribution in [-0.4, -0.2) is 38.1 Å². The topological polar surface area (TPSA) is 47.9 Å². The van der Waals surface area contributed by atoms with Crippen LogP contribution in [0.25, 0.3) is 10.4 Å². The maximum Gasteiger partial charge on any atom is 0.132 e. The van der Waals surface area contributed by atoms with Crippen molar-refractivity contribution in [1.82, 2.24) is 0 Å². The molecule has 27 heavy (non-hydrogen) atoms. The highest BCUT2D eigenvalue weighted by Crippen LogP contribution is 2.43. The lowest BCUT2D eigenvalue weighted by Crippen LogP contribution is -2.09. The van der Waals surface area contributed by atoms with E-state index in [0.717, 1.165) is 33.9 Å². The minimum atomic E-state index is 0.0224. The zero-order valence-corrected chi connectivity index (χ0v) is 16.7. The van der Waals surface area contributed by atoms with Crippen LogP contribution in [0.3, 0.4) is 0 Å². The summed E-state index contributed by atoms with van der Waals surface area (Å²) in [5, 5.41) is 11.0. The summed E-state index contributed by atoms with van der Waals surface area (Å²) in [5.41, 5.74) is 3.40. The molecule has 2 aromatic rings. The van der Waals surface area contributed by atoms with Gasteiger partial charge < -0.3 is 19.3 Å². The molecule has 0 aliphatic carbocycles. The molecule has 0 amide bonds. The highest BCUT2D eigenvalue weighted by molar-refractivity contribution is 7.13. The summed E-state index contributed by atoms with van der Waals surface area (Å²) in [6.07, 6.45) is 5.02. The van der Waals surface area contributed by atoms with E-state index in [-0.39, 0.29) is 6.61 Å². The van der Waals surface area contributed by atoms with Crippen molar-refractivity contribution in [3.63, 3.8) is 0 Å². The second-order valence-electron chi connectivity index (χ2n) is 5.82. The molecule has 0 aliphatic rings. The van der Waals surface area contributed by atoms with Gasteiger partial charge in [0.1, 0.15) is 24.7 Å².